The number of ketones is 1. The van der Waals surface area contributed by atoms with E-state index in [1.165, 1.54) is 5.57 Å². The lowest BCUT2D eigenvalue weighted by Gasteiger charge is -2.25. The highest BCUT2D eigenvalue weighted by Gasteiger charge is 2.50. The summed E-state index contributed by atoms with van der Waals surface area (Å²) in [5.74, 6) is -0.295. The third-order valence-corrected chi connectivity index (χ3v) is 5.98. The third kappa shape index (κ3) is 6.17. The van der Waals surface area contributed by atoms with E-state index >= 15 is 0 Å². The zero-order chi connectivity index (χ0) is 23.3. The van der Waals surface area contributed by atoms with Crippen LogP contribution in [0.5, 0.6) is 5.75 Å². The first kappa shape index (κ1) is 23.9. The van der Waals surface area contributed by atoms with Crippen LogP contribution in [0.4, 0.5) is 0 Å². The van der Waals surface area contributed by atoms with Crippen molar-refractivity contribution < 1.29 is 23.9 Å². The van der Waals surface area contributed by atoms with E-state index in [0.29, 0.717) is 18.8 Å². The molecule has 0 spiro atoms. The van der Waals surface area contributed by atoms with Gasteiger partial charge in [0.2, 0.25) is 11.8 Å². The van der Waals surface area contributed by atoms with Gasteiger partial charge in [0, 0.05) is 6.42 Å². The topological polar surface area (TPSA) is 123 Å². The second-order valence-corrected chi connectivity index (χ2v) is 8.81. The summed E-state index contributed by atoms with van der Waals surface area (Å²) in [6.07, 6.45) is 5.82. The van der Waals surface area contributed by atoms with Crippen molar-refractivity contribution >= 4 is 17.6 Å². The predicted octanol–water partition coefficient (Wildman–Crippen LogP) is 1.41. The van der Waals surface area contributed by atoms with Crippen molar-refractivity contribution in [2.75, 3.05) is 13.7 Å². The van der Waals surface area contributed by atoms with Crippen molar-refractivity contribution in [1.29, 1.82) is 0 Å². The average molecular weight is 444 g/mol. The summed E-state index contributed by atoms with van der Waals surface area (Å²) in [6.45, 7) is 3.65. The molecule has 4 N–H and O–H groups in total. The van der Waals surface area contributed by atoms with Crippen LogP contribution < -0.4 is 21.1 Å². The number of benzene rings is 1. The van der Waals surface area contributed by atoms with Gasteiger partial charge in [-0.05, 0) is 57.2 Å². The Morgan fingerprint density at radius 3 is 2.31 bits per heavy atom. The van der Waals surface area contributed by atoms with Crippen molar-refractivity contribution in [2.45, 2.75) is 69.7 Å². The fourth-order valence-corrected chi connectivity index (χ4v) is 3.80. The first-order valence-corrected chi connectivity index (χ1v) is 11.1. The molecule has 0 bridgehead atoms. The van der Waals surface area contributed by atoms with Gasteiger partial charge < -0.3 is 25.8 Å². The molecule has 2 aliphatic rings. The molecule has 1 fully saturated rings. The fourth-order valence-electron chi connectivity index (χ4n) is 3.80. The van der Waals surface area contributed by atoms with E-state index in [-0.39, 0.29) is 12.2 Å². The molecule has 1 saturated heterocycles. The lowest BCUT2D eigenvalue weighted by molar-refractivity contribution is -0.133. The molecule has 8 nitrogen and oxygen atoms in total. The van der Waals surface area contributed by atoms with Crippen molar-refractivity contribution in [3.05, 3.63) is 41.5 Å². The summed E-state index contributed by atoms with van der Waals surface area (Å²) in [5.41, 5.74) is 6.86. The molecule has 0 aromatic heterocycles. The van der Waals surface area contributed by atoms with Crippen molar-refractivity contribution in [2.24, 2.45) is 5.73 Å². The Morgan fingerprint density at radius 2 is 1.78 bits per heavy atom. The maximum atomic E-state index is 13.3. The Morgan fingerprint density at radius 1 is 1.12 bits per heavy atom. The zero-order valence-electron chi connectivity index (χ0n) is 19.0. The molecule has 0 saturated carbocycles. The Balaban J connectivity index is 1.76. The minimum Gasteiger partial charge on any atom is -0.497 e. The zero-order valence-corrected chi connectivity index (χ0v) is 19.0. The van der Waals surface area contributed by atoms with Gasteiger partial charge in [0.25, 0.3) is 0 Å². The Kier molecular flexibility index (Phi) is 7.69. The van der Waals surface area contributed by atoms with Crippen LogP contribution in [0, 0.1) is 0 Å². The van der Waals surface area contributed by atoms with E-state index in [0.717, 1.165) is 24.8 Å². The summed E-state index contributed by atoms with van der Waals surface area (Å²) in [4.78, 5) is 38.6. The molecule has 4 atom stereocenters. The number of amides is 2. The van der Waals surface area contributed by atoms with Crippen molar-refractivity contribution in [3.63, 3.8) is 0 Å². The first-order chi connectivity index (χ1) is 15.2. The minimum atomic E-state index is -0.873. The molecule has 8 heteroatoms. The smallest absolute Gasteiger partial charge is 0.243 e. The molecule has 1 aliphatic heterocycles. The largest absolute Gasteiger partial charge is 0.497 e. The molecule has 32 heavy (non-hydrogen) atoms. The van der Waals surface area contributed by atoms with Gasteiger partial charge in [-0.1, -0.05) is 23.8 Å². The van der Waals surface area contributed by atoms with E-state index in [1.54, 1.807) is 33.1 Å². The van der Waals surface area contributed by atoms with Crippen LogP contribution in [0.25, 0.3) is 0 Å². The third-order valence-electron chi connectivity index (χ3n) is 5.98. The number of rotatable bonds is 11. The minimum absolute atomic E-state index is 0.139. The summed E-state index contributed by atoms with van der Waals surface area (Å²) >= 11 is 0. The van der Waals surface area contributed by atoms with Crippen LogP contribution in [0.15, 0.2) is 35.9 Å². The van der Waals surface area contributed by atoms with Gasteiger partial charge in [-0.2, -0.15) is 0 Å². The van der Waals surface area contributed by atoms with E-state index in [4.69, 9.17) is 15.2 Å². The highest BCUT2D eigenvalue weighted by atomic mass is 16.6. The van der Waals surface area contributed by atoms with Gasteiger partial charge in [0.1, 0.15) is 17.4 Å². The molecule has 3 rings (SSSR count). The first-order valence-electron chi connectivity index (χ1n) is 11.1. The number of nitrogens with one attached hydrogen (secondary N) is 2. The number of hydrogen-bond donors (Lipinski definition) is 3. The predicted molar refractivity (Wildman–Crippen MR) is 120 cm³/mol. The number of hydrogen-bond acceptors (Lipinski definition) is 6. The number of carbonyl (C=O) groups excluding carboxylic acids is 3. The summed E-state index contributed by atoms with van der Waals surface area (Å²) in [6, 6.07) is 4.92. The quantitative estimate of drug-likeness (QED) is 0.351. The molecule has 1 aromatic rings. The van der Waals surface area contributed by atoms with E-state index in [1.807, 2.05) is 12.1 Å². The lowest BCUT2D eigenvalue weighted by Crippen LogP contribution is -2.56. The van der Waals surface area contributed by atoms with Gasteiger partial charge in [-0.25, -0.2) is 0 Å². The van der Waals surface area contributed by atoms with Gasteiger partial charge in [0.05, 0.1) is 25.8 Å². The number of nitrogens with two attached hydrogens (primary N) is 1. The lowest BCUT2D eigenvalue weighted by atomic mass is 9.94. The monoisotopic (exact) mass is 443 g/mol. The normalized spacial score (nSPS) is 22.3. The van der Waals surface area contributed by atoms with Crippen LogP contribution in [0.2, 0.25) is 0 Å². The second kappa shape index (κ2) is 10.3. The number of carbonyl (C=O) groups is 3. The molecule has 2 amide bonds. The standard InChI is InChI=1S/C24H33N3O5/c1-15(25)22(29)27-20(13-17-8-10-18(31-3)11-9-17)23(30)26-19(12-16-6-4-5-7-16)21(28)24(2)14-32-24/h6,8-11,15,19-20H,4-5,7,12-14,25H2,1-3H3,(H,26,30)(H,27,29)/t15-,19+,20+,24+/m1/s1. The van der Waals surface area contributed by atoms with Crippen molar-refractivity contribution in [1.82, 2.24) is 10.6 Å². The average Bonchev–Trinajstić information content (AvgIpc) is 3.31. The molecule has 1 aromatic carbocycles. The molecule has 0 unspecified atom stereocenters. The Labute approximate surface area is 188 Å². The summed E-state index contributed by atoms with van der Waals surface area (Å²) in [7, 11) is 1.58. The fraction of sp³-hybridized carbons (Fsp3) is 0.542. The molecular formula is C24H33N3O5. The van der Waals surface area contributed by atoms with Gasteiger partial charge >= 0.3 is 0 Å². The molecule has 174 valence electrons. The van der Waals surface area contributed by atoms with E-state index < -0.39 is 35.5 Å². The number of Topliss-reactive ketones (excluding diaryl/α,β-unsaturated/α-hetero) is 1. The number of methoxy groups -OCH3 is 1. The molecular weight excluding hydrogens is 410 g/mol. The molecule has 0 radical (unpaired) electrons. The maximum absolute atomic E-state index is 13.3. The van der Waals surface area contributed by atoms with E-state index in [9.17, 15) is 14.4 Å². The highest BCUT2D eigenvalue weighted by Crippen LogP contribution is 2.31. The van der Waals surface area contributed by atoms with Crippen LogP contribution >= 0.6 is 0 Å². The summed E-state index contributed by atoms with van der Waals surface area (Å²) in [5, 5.41) is 5.61. The Bertz CT molecular complexity index is 874. The van der Waals surface area contributed by atoms with Gasteiger partial charge in [-0.15, -0.1) is 0 Å². The Hall–Kier alpha value is -2.71. The molecule has 1 heterocycles. The molecule has 1 aliphatic carbocycles. The van der Waals surface area contributed by atoms with Crippen LogP contribution in [-0.4, -0.2) is 55.0 Å². The highest BCUT2D eigenvalue weighted by molar-refractivity contribution is 5.98. The maximum Gasteiger partial charge on any atom is 0.243 e. The van der Waals surface area contributed by atoms with Crippen molar-refractivity contribution in [3.8, 4) is 5.75 Å². The van der Waals surface area contributed by atoms with E-state index in [2.05, 4.69) is 16.7 Å². The second-order valence-electron chi connectivity index (χ2n) is 8.81. The van der Waals surface area contributed by atoms with Crippen LogP contribution in [-0.2, 0) is 25.5 Å². The van der Waals surface area contributed by atoms with Crippen LogP contribution in [0.3, 0.4) is 0 Å². The van der Waals surface area contributed by atoms with Gasteiger partial charge in [-0.3, -0.25) is 14.4 Å². The SMILES string of the molecule is COc1ccc(C[C@H](NC(=O)[C@@H](C)N)C(=O)N[C@@H](CC2=CCCC2)C(=O)[C@]2(C)CO2)cc1. The van der Waals surface area contributed by atoms with Crippen LogP contribution in [0.1, 0.15) is 45.1 Å². The number of allylic oxidation sites excluding steroid dienone is 1. The van der Waals surface area contributed by atoms with Gasteiger partial charge in [0.15, 0.2) is 5.78 Å². The number of ether oxygens (including phenoxy) is 2. The number of epoxide rings is 1. The summed E-state index contributed by atoms with van der Waals surface area (Å²) < 4.78 is 10.5.